The standard InChI is InChI=1S/C14H22N4O2S/c1-4-5-6-18-8-10(7-11(18)19)12(20)15-14-17-16-13(21-14)9(2)3/h9-10H,4-8H2,1-3H3,(H,15,17,20). The van der Waals surface area contributed by atoms with E-state index < -0.39 is 0 Å². The number of carbonyl (C=O) groups is 2. The molecule has 1 N–H and O–H groups in total. The van der Waals surface area contributed by atoms with Crippen molar-refractivity contribution in [1.29, 1.82) is 0 Å². The largest absolute Gasteiger partial charge is 0.342 e. The molecule has 0 radical (unpaired) electrons. The van der Waals surface area contributed by atoms with Crippen LogP contribution in [0.5, 0.6) is 0 Å². The Morgan fingerprint density at radius 3 is 2.86 bits per heavy atom. The molecule has 0 bridgehead atoms. The van der Waals surface area contributed by atoms with E-state index >= 15 is 0 Å². The summed E-state index contributed by atoms with van der Waals surface area (Å²) in [6.45, 7) is 7.42. The second-order valence-corrected chi connectivity index (χ2v) is 6.69. The van der Waals surface area contributed by atoms with Gasteiger partial charge in [-0.2, -0.15) is 0 Å². The minimum absolute atomic E-state index is 0.0729. The van der Waals surface area contributed by atoms with Gasteiger partial charge in [-0.1, -0.05) is 38.5 Å². The van der Waals surface area contributed by atoms with Crippen LogP contribution in [0.1, 0.15) is 51.0 Å². The minimum Gasteiger partial charge on any atom is -0.342 e. The first kappa shape index (κ1) is 15.9. The molecule has 1 aliphatic rings. The SMILES string of the molecule is CCCCN1CC(C(=O)Nc2nnc(C(C)C)s2)CC1=O. The first-order valence-corrected chi connectivity index (χ1v) is 8.25. The molecular weight excluding hydrogens is 288 g/mol. The number of hydrogen-bond acceptors (Lipinski definition) is 5. The summed E-state index contributed by atoms with van der Waals surface area (Å²) in [7, 11) is 0. The summed E-state index contributed by atoms with van der Waals surface area (Å²) in [6, 6.07) is 0. The second kappa shape index (κ2) is 6.98. The number of rotatable bonds is 6. The maximum absolute atomic E-state index is 12.2. The molecule has 0 aromatic carbocycles. The summed E-state index contributed by atoms with van der Waals surface area (Å²) >= 11 is 1.39. The predicted octanol–water partition coefficient (Wildman–Crippen LogP) is 2.25. The molecule has 21 heavy (non-hydrogen) atoms. The normalized spacial score (nSPS) is 18.6. The highest BCUT2D eigenvalue weighted by atomic mass is 32.1. The lowest BCUT2D eigenvalue weighted by atomic mass is 10.1. The van der Waals surface area contributed by atoms with Crippen LogP contribution in [-0.2, 0) is 9.59 Å². The lowest BCUT2D eigenvalue weighted by Gasteiger charge is -2.15. The van der Waals surface area contributed by atoms with Crippen molar-refractivity contribution in [2.75, 3.05) is 18.4 Å². The Morgan fingerprint density at radius 1 is 1.48 bits per heavy atom. The Kier molecular flexibility index (Phi) is 5.27. The highest BCUT2D eigenvalue weighted by molar-refractivity contribution is 7.15. The number of carbonyl (C=O) groups excluding carboxylic acids is 2. The molecule has 2 amide bonds. The van der Waals surface area contributed by atoms with Gasteiger partial charge in [0.2, 0.25) is 16.9 Å². The van der Waals surface area contributed by atoms with Crippen molar-refractivity contribution < 1.29 is 9.59 Å². The van der Waals surface area contributed by atoms with Gasteiger partial charge in [-0.3, -0.25) is 9.59 Å². The fraction of sp³-hybridized carbons (Fsp3) is 0.714. The number of nitrogens with one attached hydrogen (secondary N) is 1. The molecule has 1 saturated heterocycles. The van der Waals surface area contributed by atoms with Gasteiger partial charge in [0.15, 0.2) is 0 Å². The van der Waals surface area contributed by atoms with Crippen LogP contribution < -0.4 is 5.32 Å². The van der Waals surface area contributed by atoms with E-state index in [-0.39, 0.29) is 17.7 Å². The van der Waals surface area contributed by atoms with Gasteiger partial charge in [0.05, 0.1) is 5.92 Å². The van der Waals surface area contributed by atoms with Crippen LogP contribution in [0.2, 0.25) is 0 Å². The summed E-state index contributed by atoms with van der Waals surface area (Å²) < 4.78 is 0. The number of likely N-dealkylation sites (tertiary alicyclic amines) is 1. The first-order valence-electron chi connectivity index (χ1n) is 7.43. The monoisotopic (exact) mass is 310 g/mol. The van der Waals surface area contributed by atoms with E-state index in [0.29, 0.717) is 24.0 Å². The number of nitrogens with zero attached hydrogens (tertiary/aromatic N) is 3. The average molecular weight is 310 g/mol. The molecule has 0 saturated carbocycles. The zero-order valence-electron chi connectivity index (χ0n) is 12.8. The smallest absolute Gasteiger partial charge is 0.231 e. The van der Waals surface area contributed by atoms with Gasteiger partial charge in [-0.15, -0.1) is 10.2 Å². The van der Waals surface area contributed by atoms with Crippen LogP contribution in [-0.4, -0.2) is 40.0 Å². The Hall–Kier alpha value is -1.50. The third-order valence-corrected chi connectivity index (χ3v) is 4.67. The maximum atomic E-state index is 12.2. The van der Waals surface area contributed by atoms with Gasteiger partial charge < -0.3 is 10.2 Å². The van der Waals surface area contributed by atoms with Crippen molar-refractivity contribution >= 4 is 28.3 Å². The Labute approximate surface area is 128 Å². The van der Waals surface area contributed by atoms with E-state index in [0.717, 1.165) is 24.4 Å². The van der Waals surface area contributed by atoms with Crippen LogP contribution in [0.15, 0.2) is 0 Å². The fourth-order valence-electron chi connectivity index (χ4n) is 2.24. The van der Waals surface area contributed by atoms with Crippen LogP contribution >= 0.6 is 11.3 Å². The topological polar surface area (TPSA) is 75.2 Å². The van der Waals surface area contributed by atoms with E-state index in [2.05, 4.69) is 22.4 Å². The molecule has 1 aromatic heterocycles. The number of aromatic nitrogens is 2. The van der Waals surface area contributed by atoms with Gasteiger partial charge >= 0.3 is 0 Å². The van der Waals surface area contributed by atoms with Gasteiger partial charge in [0.25, 0.3) is 0 Å². The molecule has 1 aromatic rings. The lowest BCUT2D eigenvalue weighted by Crippen LogP contribution is -2.29. The van der Waals surface area contributed by atoms with Crippen LogP contribution in [0.4, 0.5) is 5.13 Å². The summed E-state index contributed by atoms with van der Waals surface area (Å²) in [6.07, 6.45) is 2.32. The van der Waals surface area contributed by atoms with E-state index in [1.807, 2.05) is 13.8 Å². The van der Waals surface area contributed by atoms with Crippen molar-refractivity contribution in [3.05, 3.63) is 5.01 Å². The number of amides is 2. The molecule has 2 rings (SSSR count). The Morgan fingerprint density at radius 2 is 2.24 bits per heavy atom. The molecule has 1 unspecified atom stereocenters. The number of hydrogen-bond donors (Lipinski definition) is 1. The Bertz CT molecular complexity index is 515. The lowest BCUT2D eigenvalue weighted by molar-refractivity contribution is -0.128. The third kappa shape index (κ3) is 4.00. The summed E-state index contributed by atoms with van der Waals surface area (Å²) in [5.41, 5.74) is 0. The van der Waals surface area contributed by atoms with Crippen LogP contribution in [0, 0.1) is 5.92 Å². The fourth-order valence-corrected chi connectivity index (χ4v) is 2.99. The zero-order valence-corrected chi connectivity index (χ0v) is 13.6. The van der Waals surface area contributed by atoms with Crippen molar-refractivity contribution in [2.45, 2.75) is 46.0 Å². The minimum atomic E-state index is -0.277. The van der Waals surface area contributed by atoms with Gasteiger partial charge in [0, 0.05) is 25.4 Å². The second-order valence-electron chi connectivity index (χ2n) is 5.68. The van der Waals surface area contributed by atoms with Crippen molar-refractivity contribution in [3.63, 3.8) is 0 Å². The highest BCUT2D eigenvalue weighted by Crippen LogP contribution is 2.24. The molecular formula is C14H22N4O2S. The van der Waals surface area contributed by atoms with Crippen molar-refractivity contribution in [2.24, 2.45) is 5.92 Å². The molecule has 116 valence electrons. The highest BCUT2D eigenvalue weighted by Gasteiger charge is 2.34. The maximum Gasteiger partial charge on any atom is 0.231 e. The summed E-state index contributed by atoms with van der Waals surface area (Å²) in [5, 5.41) is 12.2. The van der Waals surface area contributed by atoms with Gasteiger partial charge in [0.1, 0.15) is 5.01 Å². The number of unbranched alkanes of at least 4 members (excludes halogenated alkanes) is 1. The predicted molar refractivity (Wildman–Crippen MR) is 82.2 cm³/mol. The van der Waals surface area contributed by atoms with E-state index in [4.69, 9.17) is 0 Å². The average Bonchev–Trinajstić information content (AvgIpc) is 3.03. The van der Waals surface area contributed by atoms with Gasteiger partial charge in [-0.25, -0.2) is 0 Å². The summed E-state index contributed by atoms with van der Waals surface area (Å²) in [5.74, 6) is -0.0379. The molecule has 7 heteroatoms. The van der Waals surface area contributed by atoms with Gasteiger partial charge in [-0.05, 0) is 6.42 Å². The Balaban J connectivity index is 1.90. The summed E-state index contributed by atoms with van der Waals surface area (Å²) in [4.78, 5) is 25.9. The van der Waals surface area contributed by atoms with Crippen molar-refractivity contribution in [1.82, 2.24) is 15.1 Å². The molecule has 1 aliphatic heterocycles. The molecule has 1 fully saturated rings. The van der Waals surface area contributed by atoms with Crippen LogP contribution in [0.25, 0.3) is 0 Å². The van der Waals surface area contributed by atoms with Crippen molar-refractivity contribution in [3.8, 4) is 0 Å². The molecule has 2 heterocycles. The first-order chi connectivity index (χ1) is 10.0. The molecule has 6 nitrogen and oxygen atoms in total. The quantitative estimate of drug-likeness (QED) is 0.874. The molecule has 0 aliphatic carbocycles. The van der Waals surface area contributed by atoms with E-state index in [9.17, 15) is 9.59 Å². The van der Waals surface area contributed by atoms with E-state index in [1.54, 1.807) is 4.90 Å². The van der Waals surface area contributed by atoms with E-state index in [1.165, 1.54) is 11.3 Å². The molecule has 1 atom stereocenters. The third-order valence-electron chi connectivity index (χ3n) is 3.53. The molecule has 0 spiro atoms. The number of anilines is 1. The van der Waals surface area contributed by atoms with Crippen LogP contribution in [0.3, 0.4) is 0 Å². The zero-order chi connectivity index (χ0) is 15.4.